The van der Waals surface area contributed by atoms with Gasteiger partial charge in [-0.3, -0.25) is 38.4 Å². The molecule has 8 amide bonds. The minimum absolute atomic E-state index is 0.132. The Balaban J connectivity index is 1.10. The van der Waals surface area contributed by atoms with Gasteiger partial charge in [-0.15, -0.1) is 23.5 Å². The Bertz CT molecular complexity index is 2170. The van der Waals surface area contributed by atoms with Crippen LogP contribution in [0.5, 0.6) is 0 Å². The third-order valence-corrected chi connectivity index (χ3v) is 16.1. The molecule has 0 bridgehead atoms. The molecule has 2 aromatic rings. The van der Waals surface area contributed by atoms with E-state index in [-0.39, 0.29) is 47.5 Å². The Hall–Kier alpha value is -5.62. The third-order valence-electron chi connectivity index (χ3n) is 13.6. The summed E-state index contributed by atoms with van der Waals surface area (Å²) in [5, 5.41) is 22.3. The number of nitrogens with zero attached hydrogens (tertiary/aromatic N) is 2. The van der Waals surface area contributed by atoms with Crippen molar-refractivity contribution in [2.45, 2.75) is 126 Å². The maximum absolute atomic E-state index is 14.4. The Morgan fingerprint density at radius 1 is 0.600 bits per heavy atom. The van der Waals surface area contributed by atoms with E-state index in [2.05, 4.69) is 54.4 Å². The van der Waals surface area contributed by atoms with Gasteiger partial charge in [-0.05, 0) is 87.1 Å². The average Bonchev–Trinajstić information content (AvgIpc) is 3.66. The predicted octanol–water partition coefficient (Wildman–Crippen LogP) is 1.30. The molecule has 10 atom stereocenters. The van der Waals surface area contributed by atoms with E-state index in [4.69, 9.17) is 0 Å². The van der Waals surface area contributed by atoms with Crippen molar-refractivity contribution in [2.75, 3.05) is 38.7 Å². The number of benzene rings is 2. The lowest BCUT2D eigenvalue weighted by molar-refractivity contribution is -0.144. The highest BCUT2D eigenvalue weighted by atomic mass is 32.2. The maximum atomic E-state index is 14.4. The summed E-state index contributed by atoms with van der Waals surface area (Å²) in [6.45, 7) is 10.8. The van der Waals surface area contributed by atoms with Crippen LogP contribution in [-0.4, -0.2) is 143 Å². The van der Waals surface area contributed by atoms with Crippen molar-refractivity contribution < 1.29 is 38.4 Å². The van der Waals surface area contributed by atoms with Crippen LogP contribution >= 0.6 is 23.5 Å². The summed E-state index contributed by atoms with van der Waals surface area (Å²) in [5.41, 5.74) is -0.293. The molecule has 18 nitrogen and oxygen atoms in total. The van der Waals surface area contributed by atoms with Gasteiger partial charge in [-0.2, -0.15) is 0 Å². The van der Waals surface area contributed by atoms with Gasteiger partial charge in [0.15, 0.2) is 0 Å². The first-order chi connectivity index (χ1) is 33.3. The molecule has 0 saturated carbocycles. The lowest BCUT2D eigenvalue weighted by atomic mass is 9.83. The smallest absolute Gasteiger partial charge is 0.247 e. The molecule has 4 heterocycles. The fourth-order valence-electron chi connectivity index (χ4n) is 9.48. The van der Waals surface area contributed by atoms with Gasteiger partial charge < -0.3 is 52.3 Å². The zero-order valence-corrected chi connectivity index (χ0v) is 42.8. The number of rotatable bonds is 16. The van der Waals surface area contributed by atoms with Crippen molar-refractivity contribution in [1.29, 1.82) is 0 Å². The molecule has 0 unspecified atom stereocenters. The quantitative estimate of drug-likeness (QED) is 0.111. The topological polar surface area (TPSA) is 239 Å². The molecule has 4 saturated heterocycles. The summed E-state index contributed by atoms with van der Waals surface area (Å²) in [6.07, 6.45) is 1.91. The van der Waals surface area contributed by atoms with Crippen LogP contribution < -0.4 is 42.5 Å². The van der Waals surface area contributed by atoms with E-state index < -0.39 is 82.8 Å². The number of hydrogen-bond donors (Lipinski definition) is 8. The molecule has 378 valence electrons. The second kappa shape index (κ2) is 23.5. The van der Waals surface area contributed by atoms with E-state index in [9.17, 15) is 38.4 Å². The Kier molecular flexibility index (Phi) is 18.1. The minimum atomic E-state index is -1.14. The number of fused-ring (bicyclic) bond motifs is 2. The van der Waals surface area contributed by atoms with Crippen molar-refractivity contribution in [1.82, 2.24) is 52.3 Å². The van der Waals surface area contributed by atoms with Gasteiger partial charge in [0.2, 0.25) is 47.3 Å². The fraction of sp³-hybridized carbons (Fsp3) is 0.560. The molecule has 0 radical (unpaired) electrons. The highest BCUT2D eigenvalue weighted by Crippen LogP contribution is 2.48. The number of carbonyl (C=O) groups excluding carboxylic acids is 8. The van der Waals surface area contributed by atoms with E-state index in [0.717, 1.165) is 0 Å². The molecule has 0 aromatic heterocycles. The normalized spacial score (nSPS) is 25.1. The van der Waals surface area contributed by atoms with Gasteiger partial charge >= 0.3 is 0 Å². The highest BCUT2D eigenvalue weighted by Gasteiger charge is 2.56. The minimum Gasteiger partial charge on any atom is -0.343 e. The summed E-state index contributed by atoms with van der Waals surface area (Å²) in [6, 6.07) is 10.7. The molecule has 4 fully saturated rings. The number of likely N-dealkylation sites (N-methyl/N-ethyl adjacent to an activating group) is 2. The molecule has 4 aliphatic heterocycles. The standard InChI is InChI=1S/C50H68N10O8S2/c1-29(51-7)41(61)55-33-21-25-69-35-27-49(3,4)39(59(35)47(33)67)45(65)57-37(31-17-11-9-12-18-31)43(63)53-23-15-16-24-54-44(64)38(32-19-13-10-14-20-32)58-46(66)40-50(5,6)28-36-60(40)48(68)34(22-26-70-36)56-42(62)30(2)52-8/h9-14,17-20,29-30,33-40,51-52H,21-28H2,1-8H3,(H,53,63)(H,54,64)(H,55,61)(H,56,62)(H,57,65)(H,58,66)/t29-,30-,33-,34-,35-,36-,37-,38-,39+,40+/m0/s1. The van der Waals surface area contributed by atoms with E-state index in [0.29, 0.717) is 48.3 Å². The van der Waals surface area contributed by atoms with Gasteiger partial charge in [0, 0.05) is 0 Å². The Morgan fingerprint density at radius 3 is 1.30 bits per heavy atom. The van der Waals surface area contributed by atoms with Crippen LogP contribution in [0, 0.1) is 22.7 Å². The predicted molar refractivity (Wildman–Crippen MR) is 269 cm³/mol. The van der Waals surface area contributed by atoms with Gasteiger partial charge in [0.05, 0.1) is 35.9 Å². The van der Waals surface area contributed by atoms with E-state index in [1.54, 1.807) is 122 Å². The second-order valence-corrected chi connectivity index (χ2v) is 22.1. The number of carbonyl (C=O) groups is 8. The van der Waals surface area contributed by atoms with Crippen molar-refractivity contribution in [3.8, 4) is 11.8 Å². The first kappa shape index (κ1) is 53.7. The molecule has 0 aliphatic carbocycles. The molecule has 20 heteroatoms. The van der Waals surface area contributed by atoms with E-state index >= 15 is 0 Å². The van der Waals surface area contributed by atoms with Crippen LogP contribution in [0.4, 0.5) is 0 Å². The van der Waals surface area contributed by atoms with Crippen LogP contribution in [0.2, 0.25) is 0 Å². The zero-order valence-electron chi connectivity index (χ0n) is 41.2. The van der Waals surface area contributed by atoms with Crippen molar-refractivity contribution in [3.05, 3.63) is 71.8 Å². The molecule has 2 aromatic carbocycles. The van der Waals surface area contributed by atoms with Gasteiger partial charge in [0.25, 0.3) is 0 Å². The molecular formula is C50H68N10O8S2. The van der Waals surface area contributed by atoms with Crippen LogP contribution in [0.15, 0.2) is 60.7 Å². The summed E-state index contributed by atoms with van der Waals surface area (Å²) in [4.78, 5) is 114. The van der Waals surface area contributed by atoms with E-state index in [1.165, 1.54) is 0 Å². The molecule has 6 rings (SSSR count). The van der Waals surface area contributed by atoms with Crippen LogP contribution in [0.3, 0.4) is 0 Å². The average molecular weight is 1000 g/mol. The number of amides is 8. The maximum Gasteiger partial charge on any atom is 0.247 e. The van der Waals surface area contributed by atoms with Crippen molar-refractivity contribution >= 4 is 70.8 Å². The highest BCUT2D eigenvalue weighted by molar-refractivity contribution is 8.00. The lowest BCUT2D eigenvalue weighted by Crippen LogP contribution is -2.58. The molecular weight excluding hydrogens is 933 g/mol. The summed E-state index contributed by atoms with van der Waals surface area (Å²) in [5.74, 6) is 3.53. The molecule has 0 spiro atoms. The Morgan fingerprint density at radius 2 is 0.957 bits per heavy atom. The van der Waals surface area contributed by atoms with Crippen molar-refractivity contribution in [2.24, 2.45) is 10.8 Å². The number of hydrogen-bond acceptors (Lipinski definition) is 12. The first-order valence-corrected chi connectivity index (χ1v) is 25.9. The van der Waals surface area contributed by atoms with Gasteiger partial charge in [-0.1, -0.05) is 100 Å². The summed E-state index contributed by atoms with van der Waals surface area (Å²) in [7, 11) is 3.32. The molecule has 8 N–H and O–H groups in total. The molecule has 4 aliphatic rings. The van der Waals surface area contributed by atoms with E-state index in [1.807, 2.05) is 27.7 Å². The monoisotopic (exact) mass is 1000 g/mol. The van der Waals surface area contributed by atoms with Crippen LogP contribution in [0.25, 0.3) is 0 Å². The van der Waals surface area contributed by atoms with Crippen LogP contribution in [0.1, 0.15) is 90.4 Å². The SMILES string of the molecule is CN[C@@H](C)C(=O)N[C@H]1CCS[C@H]2CC(C)(C)[C@@H](C(=O)N[C@H](C(=O)NCC#CCNC(=O)[C@@H](NC(=O)[C@H]3N4C(=O)[C@@H](NC(=O)[C@H](C)NC)CCS[C@H]4CC3(C)C)c3ccccc3)c3ccccc3)N2C1=O. The second-order valence-electron chi connectivity index (χ2n) is 19.5. The largest absolute Gasteiger partial charge is 0.343 e. The summed E-state index contributed by atoms with van der Waals surface area (Å²) >= 11 is 3.15. The lowest BCUT2D eigenvalue weighted by Gasteiger charge is -2.35. The van der Waals surface area contributed by atoms with Gasteiger partial charge in [0.1, 0.15) is 36.3 Å². The summed E-state index contributed by atoms with van der Waals surface area (Å²) < 4.78 is 0. The third kappa shape index (κ3) is 12.5. The Labute approximate surface area is 419 Å². The van der Waals surface area contributed by atoms with Crippen LogP contribution in [-0.2, 0) is 38.4 Å². The molecule has 70 heavy (non-hydrogen) atoms. The zero-order chi connectivity index (χ0) is 50.9. The number of thioether (sulfide) groups is 2. The van der Waals surface area contributed by atoms with Crippen molar-refractivity contribution in [3.63, 3.8) is 0 Å². The fourth-order valence-corrected chi connectivity index (χ4v) is 12.6. The van der Waals surface area contributed by atoms with Gasteiger partial charge in [-0.25, -0.2) is 0 Å². The first-order valence-electron chi connectivity index (χ1n) is 23.8. The number of nitrogens with one attached hydrogen (secondary N) is 8.